The summed E-state index contributed by atoms with van der Waals surface area (Å²) in [5.41, 5.74) is 0. The van der Waals surface area contributed by atoms with E-state index in [-0.39, 0.29) is 0 Å². The molecule has 76 valence electrons. The Morgan fingerprint density at radius 3 is 2.77 bits per heavy atom. The Morgan fingerprint density at radius 1 is 1.31 bits per heavy atom. The van der Waals surface area contributed by atoms with E-state index in [0.29, 0.717) is 13.0 Å². The van der Waals surface area contributed by atoms with E-state index in [0.717, 1.165) is 18.6 Å². The quantitative estimate of drug-likeness (QED) is 0.611. The first-order valence-electron chi connectivity index (χ1n) is 4.87. The Morgan fingerprint density at radius 2 is 2.15 bits per heavy atom. The van der Waals surface area contributed by atoms with Crippen molar-refractivity contribution in [3.05, 3.63) is 0 Å². The van der Waals surface area contributed by atoms with Crippen molar-refractivity contribution in [2.24, 2.45) is 0 Å². The van der Waals surface area contributed by atoms with Crippen LogP contribution in [0.3, 0.4) is 0 Å². The highest BCUT2D eigenvalue weighted by molar-refractivity contribution is 8.00. The van der Waals surface area contributed by atoms with Crippen molar-refractivity contribution in [3.8, 4) is 0 Å². The molecule has 0 aromatic carbocycles. The van der Waals surface area contributed by atoms with Gasteiger partial charge in [0.25, 0.3) is 0 Å². The molecule has 2 fully saturated rings. The van der Waals surface area contributed by atoms with Crippen molar-refractivity contribution in [3.63, 3.8) is 0 Å². The summed E-state index contributed by atoms with van der Waals surface area (Å²) < 4.78 is 5.59. The van der Waals surface area contributed by atoms with Crippen molar-refractivity contribution < 1.29 is 14.9 Å². The van der Waals surface area contributed by atoms with Crippen molar-refractivity contribution >= 4 is 11.8 Å². The predicted octanol–water partition coefficient (Wildman–Crippen LogP) is 0.742. The number of aliphatic hydroxyl groups is 2. The Balaban J connectivity index is 2.03. The molecule has 2 heterocycles. The summed E-state index contributed by atoms with van der Waals surface area (Å²) in [6.07, 6.45) is 2.74. The summed E-state index contributed by atoms with van der Waals surface area (Å²) >= 11 is 1.71. The van der Waals surface area contributed by atoms with Crippen molar-refractivity contribution in [1.29, 1.82) is 0 Å². The molecule has 0 radical (unpaired) electrons. The minimum Gasteiger partial charge on any atom is -0.391 e. The highest BCUT2D eigenvalue weighted by Gasteiger charge is 2.45. The molecule has 3 nitrogen and oxygen atoms in total. The van der Waals surface area contributed by atoms with E-state index in [1.165, 1.54) is 6.42 Å². The van der Waals surface area contributed by atoms with Crippen molar-refractivity contribution in [2.75, 3.05) is 12.4 Å². The average molecular weight is 204 g/mol. The van der Waals surface area contributed by atoms with Crippen LogP contribution < -0.4 is 0 Å². The smallest absolute Gasteiger partial charge is 0.139 e. The van der Waals surface area contributed by atoms with Gasteiger partial charge in [-0.05, 0) is 25.0 Å². The molecular formula is C9H16O3S. The highest BCUT2D eigenvalue weighted by Crippen LogP contribution is 2.43. The van der Waals surface area contributed by atoms with Crippen LogP contribution in [-0.2, 0) is 4.74 Å². The largest absolute Gasteiger partial charge is 0.391 e. The molecule has 0 saturated carbocycles. The predicted molar refractivity (Wildman–Crippen MR) is 51.6 cm³/mol. The molecule has 2 saturated heterocycles. The van der Waals surface area contributed by atoms with Gasteiger partial charge in [0.1, 0.15) is 4.93 Å². The standard InChI is InChI=1S/C9H16O3S/c10-7-5-8(11)9(12-6-7)3-1-2-4-13-9/h7-8,10-11H,1-6H2. The molecule has 3 atom stereocenters. The molecule has 13 heavy (non-hydrogen) atoms. The van der Waals surface area contributed by atoms with E-state index in [1.807, 2.05) is 0 Å². The molecule has 2 aliphatic rings. The number of thioether (sulfide) groups is 1. The van der Waals surface area contributed by atoms with Crippen LogP contribution in [0.2, 0.25) is 0 Å². The lowest BCUT2D eigenvalue weighted by atomic mass is 9.98. The van der Waals surface area contributed by atoms with Gasteiger partial charge in [0, 0.05) is 6.42 Å². The van der Waals surface area contributed by atoms with Crippen LogP contribution in [0.1, 0.15) is 25.7 Å². The fraction of sp³-hybridized carbons (Fsp3) is 1.00. The normalized spacial score (nSPS) is 46.6. The van der Waals surface area contributed by atoms with Crippen LogP contribution in [-0.4, -0.2) is 39.7 Å². The third kappa shape index (κ3) is 1.86. The number of ether oxygens (including phenoxy) is 1. The number of rotatable bonds is 0. The summed E-state index contributed by atoms with van der Waals surface area (Å²) in [6.45, 7) is 0.379. The van der Waals surface area contributed by atoms with E-state index >= 15 is 0 Å². The second-order valence-corrected chi connectivity index (χ2v) is 5.22. The first-order chi connectivity index (χ1) is 6.23. The van der Waals surface area contributed by atoms with Gasteiger partial charge in [0.2, 0.25) is 0 Å². The van der Waals surface area contributed by atoms with E-state index in [1.54, 1.807) is 11.8 Å². The summed E-state index contributed by atoms with van der Waals surface area (Å²) in [4.78, 5) is -0.391. The maximum Gasteiger partial charge on any atom is 0.139 e. The lowest BCUT2D eigenvalue weighted by Crippen LogP contribution is -2.51. The van der Waals surface area contributed by atoms with Crippen LogP contribution in [0.15, 0.2) is 0 Å². The molecule has 2 N–H and O–H groups in total. The van der Waals surface area contributed by atoms with Gasteiger partial charge in [0.05, 0.1) is 18.8 Å². The molecular weight excluding hydrogens is 188 g/mol. The molecule has 0 aromatic rings. The van der Waals surface area contributed by atoms with E-state index in [2.05, 4.69) is 0 Å². The molecule has 2 rings (SSSR count). The lowest BCUT2D eigenvalue weighted by molar-refractivity contribution is -0.145. The Kier molecular flexibility index (Phi) is 2.83. The second kappa shape index (κ2) is 3.77. The molecule has 2 aliphatic heterocycles. The fourth-order valence-electron chi connectivity index (χ4n) is 2.01. The lowest BCUT2D eigenvalue weighted by Gasteiger charge is -2.44. The third-order valence-corrected chi connectivity index (χ3v) is 4.36. The van der Waals surface area contributed by atoms with E-state index in [9.17, 15) is 10.2 Å². The van der Waals surface area contributed by atoms with Crippen LogP contribution >= 0.6 is 11.8 Å². The van der Waals surface area contributed by atoms with E-state index in [4.69, 9.17) is 4.74 Å². The summed E-state index contributed by atoms with van der Waals surface area (Å²) in [5, 5.41) is 19.1. The molecule has 0 bridgehead atoms. The van der Waals surface area contributed by atoms with Gasteiger partial charge in [-0.1, -0.05) is 0 Å². The molecule has 0 aromatic heterocycles. The summed E-state index contributed by atoms with van der Waals surface area (Å²) in [5.74, 6) is 1.06. The van der Waals surface area contributed by atoms with Gasteiger partial charge >= 0.3 is 0 Å². The van der Waals surface area contributed by atoms with Crippen LogP contribution in [0.25, 0.3) is 0 Å². The third-order valence-electron chi connectivity index (χ3n) is 2.79. The molecule has 1 spiro atoms. The van der Waals surface area contributed by atoms with Gasteiger partial charge in [0.15, 0.2) is 0 Å². The fourth-order valence-corrected chi connectivity index (χ4v) is 3.43. The monoisotopic (exact) mass is 204 g/mol. The van der Waals surface area contributed by atoms with Gasteiger partial charge in [-0.25, -0.2) is 0 Å². The SMILES string of the molecule is OC1COC2(CCCCS2)C(O)C1. The zero-order valence-electron chi connectivity index (χ0n) is 7.61. The Bertz CT molecular complexity index is 180. The van der Waals surface area contributed by atoms with Gasteiger partial charge in [-0.15, -0.1) is 11.8 Å². The average Bonchev–Trinajstić information content (AvgIpc) is 2.14. The van der Waals surface area contributed by atoms with Crippen LogP contribution in [0, 0.1) is 0 Å². The van der Waals surface area contributed by atoms with Crippen LogP contribution in [0.5, 0.6) is 0 Å². The van der Waals surface area contributed by atoms with Crippen LogP contribution in [0.4, 0.5) is 0 Å². The maximum absolute atomic E-state index is 9.85. The first kappa shape index (κ1) is 9.77. The highest BCUT2D eigenvalue weighted by atomic mass is 32.2. The van der Waals surface area contributed by atoms with E-state index < -0.39 is 17.1 Å². The summed E-state index contributed by atoms with van der Waals surface area (Å²) in [6, 6.07) is 0. The Labute approximate surface area is 82.5 Å². The van der Waals surface area contributed by atoms with Crippen molar-refractivity contribution in [2.45, 2.75) is 42.8 Å². The summed E-state index contributed by atoms with van der Waals surface area (Å²) in [7, 11) is 0. The molecule has 4 heteroatoms. The molecule has 3 unspecified atom stereocenters. The number of aliphatic hydroxyl groups excluding tert-OH is 2. The second-order valence-electron chi connectivity index (χ2n) is 3.83. The number of hydrogen-bond acceptors (Lipinski definition) is 4. The maximum atomic E-state index is 9.85. The number of hydrogen-bond donors (Lipinski definition) is 2. The van der Waals surface area contributed by atoms with Gasteiger partial charge < -0.3 is 14.9 Å². The van der Waals surface area contributed by atoms with Gasteiger partial charge in [-0.2, -0.15) is 0 Å². The minimum absolute atomic E-state index is 0.379. The minimum atomic E-state index is -0.499. The zero-order chi connectivity index (χ0) is 9.31. The van der Waals surface area contributed by atoms with Crippen molar-refractivity contribution in [1.82, 2.24) is 0 Å². The zero-order valence-corrected chi connectivity index (χ0v) is 8.42. The first-order valence-corrected chi connectivity index (χ1v) is 5.85. The Hall–Kier alpha value is 0.230. The molecule has 0 aliphatic carbocycles. The topological polar surface area (TPSA) is 49.7 Å². The van der Waals surface area contributed by atoms with Gasteiger partial charge in [-0.3, -0.25) is 0 Å². The molecule has 0 amide bonds.